The molecule has 3 heteroatoms. The van der Waals surface area contributed by atoms with E-state index in [1.165, 1.54) is 0 Å². The number of fused-ring (bicyclic) bond motifs is 1. The van der Waals surface area contributed by atoms with Gasteiger partial charge in [-0.15, -0.1) is 0 Å². The quantitative estimate of drug-likeness (QED) is 0.586. The summed E-state index contributed by atoms with van der Waals surface area (Å²) in [5.41, 5.74) is 4.11. The molecule has 0 aliphatic rings. The van der Waals surface area contributed by atoms with Crippen LogP contribution in [0.2, 0.25) is 0 Å². The zero-order valence-corrected chi connectivity index (χ0v) is 9.84. The molecule has 0 bridgehead atoms. The van der Waals surface area contributed by atoms with E-state index in [2.05, 4.69) is 9.83 Å². The number of aromatic nitrogens is 1. The zero-order valence-electron chi connectivity index (χ0n) is 9.84. The average molecular weight is 234 g/mol. The Kier molecular flexibility index (Phi) is 2.35. The molecule has 18 heavy (non-hydrogen) atoms. The van der Waals surface area contributed by atoms with Crippen molar-refractivity contribution >= 4 is 16.8 Å². The molecule has 1 aromatic heterocycles. The lowest BCUT2D eigenvalue weighted by Crippen LogP contribution is -1.81. The summed E-state index contributed by atoms with van der Waals surface area (Å²) in [6, 6.07) is 13.2. The Morgan fingerprint density at radius 1 is 1.17 bits per heavy atom. The molecule has 0 aliphatic heterocycles. The van der Waals surface area contributed by atoms with Gasteiger partial charge in [-0.3, -0.25) is 0 Å². The smallest absolute Gasteiger partial charge is 0.227 e. The molecule has 0 radical (unpaired) electrons. The molecule has 0 aliphatic carbocycles. The van der Waals surface area contributed by atoms with E-state index in [-0.39, 0.29) is 0 Å². The van der Waals surface area contributed by atoms with Gasteiger partial charge in [0.2, 0.25) is 5.89 Å². The maximum Gasteiger partial charge on any atom is 0.227 e. The topological polar surface area (TPSA) is 30.4 Å². The maximum atomic E-state index is 6.99. The highest BCUT2D eigenvalue weighted by atomic mass is 16.3. The summed E-state index contributed by atoms with van der Waals surface area (Å²) >= 11 is 0. The Balaban J connectivity index is 2.20. The van der Waals surface area contributed by atoms with Gasteiger partial charge in [-0.2, -0.15) is 0 Å². The molecule has 0 fully saturated rings. The first-order valence-corrected chi connectivity index (χ1v) is 5.62. The van der Waals surface area contributed by atoms with Crippen molar-refractivity contribution in [3.63, 3.8) is 0 Å². The fourth-order valence-electron chi connectivity index (χ4n) is 1.91. The van der Waals surface area contributed by atoms with Crippen LogP contribution >= 0.6 is 0 Å². The molecule has 0 unspecified atom stereocenters. The van der Waals surface area contributed by atoms with Crippen molar-refractivity contribution < 1.29 is 4.42 Å². The maximum absolute atomic E-state index is 6.99. The fraction of sp³-hybridized carbons (Fsp3) is 0.0667. The van der Waals surface area contributed by atoms with Crippen LogP contribution in [-0.2, 0) is 0 Å². The van der Waals surface area contributed by atoms with Crippen molar-refractivity contribution in [3.8, 4) is 11.5 Å². The molecule has 2 aromatic carbocycles. The number of hydrogen-bond donors (Lipinski definition) is 0. The standard InChI is InChI=1S/C15H10N2O/c1-10-5-3-4-6-12(10)15-17-13-9-11(16-2)7-8-14(13)18-15/h3-9H,1H3. The third-order valence-corrected chi connectivity index (χ3v) is 2.88. The first kappa shape index (κ1) is 10.5. The van der Waals surface area contributed by atoms with E-state index in [0.717, 1.165) is 16.6 Å². The summed E-state index contributed by atoms with van der Waals surface area (Å²) in [7, 11) is 0. The second-order valence-electron chi connectivity index (χ2n) is 4.10. The van der Waals surface area contributed by atoms with E-state index >= 15 is 0 Å². The molecule has 1 heterocycles. The number of aryl methyl sites for hydroxylation is 1. The molecule has 3 nitrogen and oxygen atoms in total. The Hall–Kier alpha value is -2.60. The Bertz CT molecular complexity index is 766. The van der Waals surface area contributed by atoms with Crippen molar-refractivity contribution in [2.24, 2.45) is 0 Å². The van der Waals surface area contributed by atoms with E-state index in [4.69, 9.17) is 11.0 Å². The lowest BCUT2D eigenvalue weighted by atomic mass is 10.1. The van der Waals surface area contributed by atoms with Crippen molar-refractivity contribution in [1.29, 1.82) is 0 Å². The van der Waals surface area contributed by atoms with Gasteiger partial charge in [-0.1, -0.05) is 24.3 Å². The molecule has 0 amide bonds. The molecule has 3 rings (SSSR count). The SMILES string of the molecule is [C-]#[N+]c1ccc2oc(-c3ccccc3C)nc2c1. The van der Waals surface area contributed by atoms with Crippen LogP contribution in [-0.4, -0.2) is 4.98 Å². The monoisotopic (exact) mass is 234 g/mol. The molecule has 86 valence electrons. The van der Waals surface area contributed by atoms with Gasteiger partial charge in [0.25, 0.3) is 0 Å². The third-order valence-electron chi connectivity index (χ3n) is 2.88. The van der Waals surface area contributed by atoms with Gasteiger partial charge in [0, 0.05) is 5.56 Å². The van der Waals surface area contributed by atoms with E-state index in [0.29, 0.717) is 17.2 Å². The van der Waals surface area contributed by atoms with Crippen molar-refractivity contribution in [2.45, 2.75) is 6.92 Å². The van der Waals surface area contributed by atoms with Crippen LogP contribution in [0.5, 0.6) is 0 Å². The van der Waals surface area contributed by atoms with E-state index in [1.807, 2.05) is 31.2 Å². The molecule has 0 spiro atoms. The second-order valence-corrected chi connectivity index (χ2v) is 4.10. The Morgan fingerprint density at radius 3 is 2.78 bits per heavy atom. The third kappa shape index (κ3) is 1.64. The van der Waals surface area contributed by atoms with Gasteiger partial charge >= 0.3 is 0 Å². The Morgan fingerprint density at radius 2 is 2.00 bits per heavy atom. The summed E-state index contributed by atoms with van der Waals surface area (Å²) in [6.45, 7) is 9.01. The molecule has 0 saturated carbocycles. The fourth-order valence-corrected chi connectivity index (χ4v) is 1.91. The highest BCUT2D eigenvalue weighted by molar-refractivity contribution is 5.80. The lowest BCUT2D eigenvalue weighted by Gasteiger charge is -1.98. The number of nitrogens with zero attached hydrogens (tertiary/aromatic N) is 2. The summed E-state index contributed by atoms with van der Waals surface area (Å²) in [4.78, 5) is 7.83. The van der Waals surface area contributed by atoms with E-state index in [9.17, 15) is 0 Å². The second kappa shape index (κ2) is 4.01. The minimum Gasteiger partial charge on any atom is -0.436 e. The van der Waals surface area contributed by atoms with Crippen molar-refractivity contribution in [1.82, 2.24) is 4.98 Å². The molecule has 0 saturated heterocycles. The largest absolute Gasteiger partial charge is 0.436 e. The summed E-state index contributed by atoms with van der Waals surface area (Å²) in [5, 5.41) is 0. The van der Waals surface area contributed by atoms with Crippen molar-refractivity contribution in [2.75, 3.05) is 0 Å². The number of rotatable bonds is 1. The van der Waals surface area contributed by atoms with Gasteiger partial charge in [0.15, 0.2) is 11.3 Å². The Labute approximate surface area is 105 Å². The summed E-state index contributed by atoms with van der Waals surface area (Å²) < 4.78 is 5.72. The van der Waals surface area contributed by atoms with Crippen LogP contribution in [0.1, 0.15) is 5.56 Å². The van der Waals surface area contributed by atoms with Crippen LogP contribution < -0.4 is 0 Å². The van der Waals surface area contributed by atoms with Gasteiger partial charge in [0.1, 0.15) is 0 Å². The van der Waals surface area contributed by atoms with Gasteiger partial charge in [-0.25, -0.2) is 9.83 Å². The lowest BCUT2D eigenvalue weighted by molar-refractivity contribution is 0.619. The highest BCUT2D eigenvalue weighted by Crippen LogP contribution is 2.28. The van der Waals surface area contributed by atoms with Crippen LogP contribution in [0.4, 0.5) is 5.69 Å². The normalized spacial score (nSPS) is 10.4. The van der Waals surface area contributed by atoms with Crippen molar-refractivity contribution in [3.05, 3.63) is 59.4 Å². The summed E-state index contributed by atoms with van der Waals surface area (Å²) in [6.07, 6.45) is 0. The molecular weight excluding hydrogens is 224 g/mol. The predicted octanol–water partition coefficient (Wildman–Crippen LogP) is 4.35. The number of hydrogen-bond acceptors (Lipinski definition) is 2. The summed E-state index contributed by atoms with van der Waals surface area (Å²) in [5.74, 6) is 0.602. The first-order chi connectivity index (χ1) is 8.78. The highest BCUT2D eigenvalue weighted by Gasteiger charge is 2.10. The first-order valence-electron chi connectivity index (χ1n) is 5.62. The van der Waals surface area contributed by atoms with E-state index in [1.54, 1.807) is 18.2 Å². The number of oxazole rings is 1. The van der Waals surface area contributed by atoms with Crippen LogP contribution in [0, 0.1) is 13.5 Å². The predicted molar refractivity (Wildman–Crippen MR) is 70.4 cm³/mol. The van der Waals surface area contributed by atoms with Crippen LogP contribution in [0.3, 0.4) is 0 Å². The minimum absolute atomic E-state index is 0.576. The number of benzene rings is 2. The molecule has 0 atom stereocenters. The molecular formula is C15H10N2O. The zero-order chi connectivity index (χ0) is 12.5. The molecule has 0 N–H and O–H groups in total. The van der Waals surface area contributed by atoms with Gasteiger partial charge in [-0.05, 0) is 30.7 Å². The average Bonchev–Trinajstić information content (AvgIpc) is 2.81. The van der Waals surface area contributed by atoms with E-state index < -0.39 is 0 Å². The van der Waals surface area contributed by atoms with Gasteiger partial charge < -0.3 is 4.42 Å². The van der Waals surface area contributed by atoms with Crippen LogP contribution in [0.25, 0.3) is 27.4 Å². The van der Waals surface area contributed by atoms with Gasteiger partial charge in [0.05, 0.1) is 12.1 Å². The van der Waals surface area contributed by atoms with Crippen LogP contribution in [0.15, 0.2) is 46.9 Å². The molecule has 3 aromatic rings. The minimum atomic E-state index is 0.576.